The average molecular weight is 399 g/mol. The quantitative estimate of drug-likeness (QED) is 0.759. The van der Waals surface area contributed by atoms with Crippen molar-refractivity contribution in [2.24, 2.45) is 5.41 Å². The second-order valence-electron chi connectivity index (χ2n) is 9.45. The summed E-state index contributed by atoms with van der Waals surface area (Å²) in [5.74, 6) is 0.518. The fourth-order valence-electron chi connectivity index (χ4n) is 5.19. The van der Waals surface area contributed by atoms with Crippen LogP contribution in [-0.2, 0) is 22.7 Å². The lowest BCUT2D eigenvalue weighted by atomic mass is 9.73. The van der Waals surface area contributed by atoms with E-state index in [1.165, 1.54) is 11.1 Å². The van der Waals surface area contributed by atoms with E-state index in [1.54, 1.807) is 0 Å². The Morgan fingerprint density at radius 1 is 1.10 bits per heavy atom. The first kappa shape index (κ1) is 20.4. The predicted octanol–water partition coefficient (Wildman–Crippen LogP) is 1.80. The lowest BCUT2D eigenvalue weighted by Gasteiger charge is -2.48. The van der Waals surface area contributed by atoms with Gasteiger partial charge < -0.3 is 14.7 Å². The largest absolute Gasteiger partial charge is 0.341 e. The van der Waals surface area contributed by atoms with Gasteiger partial charge in [-0.05, 0) is 44.5 Å². The molecule has 6 heteroatoms. The summed E-state index contributed by atoms with van der Waals surface area (Å²) in [7, 11) is 4.09. The highest BCUT2D eigenvalue weighted by Gasteiger charge is 2.42. The molecule has 0 aliphatic carbocycles. The van der Waals surface area contributed by atoms with Crippen LogP contribution in [0.25, 0.3) is 0 Å². The molecule has 1 aromatic carbocycles. The van der Waals surface area contributed by atoms with E-state index >= 15 is 0 Å². The van der Waals surface area contributed by atoms with Crippen LogP contribution in [0, 0.1) is 5.41 Å². The average Bonchev–Trinajstić information content (AvgIpc) is 3.11. The van der Waals surface area contributed by atoms with E-state index in [2.05, 4.69) is 39.0 Å². The minimum atomic E-state index is 0.0854. The van der Waals surface area contributed by atoms with Gasteiger partial charge in [-0.25, -0.2) is 0 Å². The van der Waals surface area contributed by atoms with Gasteiger partial charge in [0.05, 0.1) is 6.54 Å². The molecule has 0 aromatic heterocycles. The summed E-state index contributed by atoms with van der Waals surface area (Å²) in [6, 6.07) is 8.48. The van der Waals surface area contributed by atoms with Crippen LogP contribution in [0.2, 0.25) is 0 Å². The van der Waals surface area contributed by atoms with E-state index in [9.17, 15) is 9.59 Å². The zero-order valence-corrected chi connectivity index (χ0v) is 17.9. The highest BCUT2D eigenvalue weighted by Crippen LogP contribution is 2.39. The number of hydrogen-bond acceptors (Lipinski definition) is 4. The third-order valence-corrected chi connectivity index (χ3v) is 6.84. The molecule has 0 saturated carbocycles. The third kappa shape index (κ3) is 4.64. The van der Waals surface area contributed by atoms with Crippen molar-refractivity contribution in [1.29, 1.82) is 0 Å². The van der Waals surface area contributed by atoms with Crippen molar-refractivity contribution in [3.63, 3.8) is 0 Å². The lowest BCUT2D eigenvalue weighted by Crippen LogP contribution is -2.56. The number of carbonyl (C=O) groups excluding carboxylic acids is 2. The highest BCUT2D eigenvalue weighted by atomic mass is 16.2. The van der Waals surface area contributed by atoms with Crippen molar-refractivity contribution >= 4 is 11.8 Å². The number of hydrogen-bond donors (Lipinski definition) is 0. The minimum Gasteiger partial charge on any atom is -0.341 e. The van der Waals surface area contributed by atoms with Crippen molar-refractivity contribution in [2.45, 2.75) is 38.8 Å². The van der Waals surface area contributed by atoms with Gasteiger partial charge in [-0.1, -0.05) is 24.3 Å². The lowest BCUT2D eigenvalue weighted by molar-refractivity contribution is -0.143. The van der Waals surface area contributed by atoms with E-state index in [0.29, 0.717) is 13.0 Å². The molecule has 0 radical (unpaired) electrons. The maximum Gasteiger partial charge on any atom is 0.236 e. The number of nitrogens with zero attached hydrogens (tertiary/aromatic N) is 4. The van der Waals surface area contributed by atoms with Gasteiger partial charge in [-0.15, -0.1) is 0 Å². The number of piperidine rings is 2. The Morgan fingerprint density at radius 2 is 1.83 bits per heavy atom. The van der Waals surface area contributed by atoms with Gasteiger partial charge in [0.25, 0.3) is 0 Å². The Hall–Kier alpha value is -1.92. The molecule has 2 amide bonds. The zero-order valence-electron chi connectivity index (χ0n) is 17.9. The smallest absolute Gasteiger partial charge is 0.236 e. The van der Waals surface area contributed by atoms with Crippen LogP contribution in [0.5, 0.6) is 0 Å². The summed E-state index contributed by atoms with van der Waals surface area (Å²) in [5.41, 5.74) is 2.78. The van der Waals surface area contributed by atoms with Gasteiger partial charge >= 0.3 is 0 Å². The van der Waals surface area contributed by atoms with Crippen LogP contribution in [-0.4, -0.2) is 84.8 Å². The normalized spacial score (nSPS) is 25.1. The fraction of sp³-hybridized carbons (Fsp3) is 0.652. The van der Waals surface area contributed by atoms with Crippen molar-refractivity contribution in [3.05, 3.63) is 35.4 Å². The Morgan fingerprint density at radius 3 is 2.52 bits per heavy atom. The monoisotopic (exact) mass is 398 g/mol. The molecule has 2 fully saturated rings. The number of benzene rings is 1. The SMILES string of the molecule is CN(C)CCN1C[C@@]2(CCCN(C(=O)CN3Cc4ccccc4C3)C2)CCC1=O. The Balaban J connectivity index is 1.35. The van der Waals surface area contributed by atoms with Crippen molar-refractivity contribution in [3.8, 4) is 0 Å². The van der Waals surface area contributed by atoms with E-state index in [-0.39, 0.29) is 17.2 Å². The number of likely N-dealkylation sites (tertiary alicyclic amines) is 2. The van der Waals surface area contributed by atoms with Gasteiger partial charge in [-0.2, -0.15) is 0 Å². The molecule has 2 saturated heterocycles. The Kier molecular flexibility index (Phi) is 5.93. The molecule has 0 N–H and O–H groups in total. The summed E-state index contributed by atoms with van der Waals surface area (Å²) in [5, 5.41) is 0. The summed E-state index contributed by atoms with van der Waals surface area (Å²) in [6.07, 6.45) is 3.71. The summed E-state index contributed by atoms with van der Waals surface area (Å²) in [4.78, 5) is 34.0. The zero-order chi connectivity index (χ0) is 20.4. The van der Waals surface area contributed by atoms with Gasteiger partial charge in [0.1, 0.15) is 0 Å². The van der Waals surface area contributed by atoms with Gasteiger partial charge in [0.15, 0.2) is 0 Å². The molecule has 3 heterocycles. The first-order chi connectivity index (χ1) is 13.9. The van der Waals surface area contributed by atoms with Crippen LogP contribution in [0.1, 0.15) is 36.8 Å². The van der Waals surface area contributed by atoms with E-state index in [0.717, 1.165) is 65.1 Å². The number of rotatable bonds is 5. The van der Waals surface area contributed by atoms with Crippen LogP contribution in [0.4, 0.5) is 0 Å². The third-order valence-electron chi connectivity index (χ3n) is 6.84. The molecule has 0 bridgehead atoms. The van der Waals surface area contributed by atoms with E-state index in [1.807, 2.05) is 19.0 Å². The maximum absolute atomic E-state index is 13.1. The molecule has 158 valence electrons. The van der Waals surface area contributed by atoms with Crippen LogP contribution in [0.3, 0.4) is 0 Å². The molecule has 3 aliphatic rings. The molecule has 1 atom stereocenters. The highest BCUT2D eigenvalue weighted by molar-refractivity contribution is 5.79. The van der Waals surface area contributed by atoms with Crippen molar-refractivity contribution in [1.82, 2.24) is 19.6 Å². The van der Waals surface area contributed by atoms with Gasteiger partial charge in [0.2, 0.25) is 11.8 Å². The Labute approximate surface area is 174 Å². The summed E-state index contributed by atoms with van der Waals surface area (Å²) < 4.78 is 0. The molecule has 29 heavy (non-hydrogen) atoms. The van der Waals surface area contributed by atoms with Gasteiger partial charge in [-0.3, -0.25) is 14.5 Å². The molecule has 1 spiro atoms. The van der Waals surface area contributed by atoms with Crippen LogP contribution in [0.15, 0.2) is 24.3 Å². The molecule has 3 aliphatic heterocycles. The van der Waals surface area contributed by atoms with Crippen LogP contribution < -0.4 is 0 Å². The maximum atomic E-state index is 13.1. The molecule has 0 unspecified atom stereocenters. The summed E-state index contributed by atoms with van der Waals surface area (Å²) in [6.45, 7) is 6.37. The Bertz CT molecular complexity index is 740. The first-order valence-corrected chi connectivity index (χ1v) is 10.9. The molecule has 4 rings (SSSR count). The van der Waals surface area contributed by atoms with Gasteiger partial charge in [0, 0.05) is 57.6 Å². The van der Waals surface area contributed by atoms with E-state index in [4.69, 9.17) is 0 Å². The second kappa shape index (κ2) is 8.44. The predicted molar refractivity (Wildman–Crippen MR) is 113 cm³/mol. The molecule has 6 nitrogen and oxygen atoms in total. The molecular formula is C23H34N4O2. The standard InChI is InChI=1S/C23H34N4O2/c1-24(2)12-13-27-18-23(10-8-21(27)28)9-5-11-26(17-23)22(29)16-25-14-19-6-3-4-7-20(19)15-25/h3-4,6-7H,5,8-18H2,1-2H3/t23-/m0/s1. The van der Waals surface area contributed by atoms with E-state index < -0.39 is 0 Å². The number of amides is 2. The fourth-order valence-corrected chi connectivity index (χ4v) is 5.19. The number of likely N-dealkylation sites (N-methyl/N-ethyl adjacent to an activating group) is 1. The van der Waals surface area contributed by atoms with Crippen molar-refractivity contribution < 1.29 is 9.59 Å². The minimum absolute atomic E-state index is 0.0854. The first-order valence-electron chi connectivity index (χ1n) is 10.9. The molecule has 1 aromatic rings. The van der Waals surface area contributed by atoms with Crippen molar-refractivity contribution in [2.75, 3.05) is 53.4 Å². The number of fused-ring (bicyclic) bond motifs is 1. The molecular weight excluding hydrogens is 364 g/mol. The topological polar surface area (TPSA) is 47.1 Å². The second-order valence-corrected chi connectivity index (χ2v) is 9.45. The number of carbonyl (C=O) groups is 2. The summed E-state index contributed by atoms with van der Waals surface area (Å²) >= 11 is 0. The van der Waals surface area contributed by atoms with Crippen LogP contribution >= 0.6 is 0 Å².